The number of aryl methyl sites for hydroxylation is 1. The van der Waals surface area contributed by atoms with Gasteiger partial charge in [-0.25, -0.2) is 0 Å². The van der Waals surface area contributed by atoms with Crippen molar-refractivity contribution in [3.8, 4) is 5.75 Å². The number of hydrogen-bond acceptors (Lipinski definition) is 3. The van der Waals surface area contributed by atoms with E-state index in [1.807, 2.05) is 7.05 Å². The van der Waals surface area contributed by atoms with Crippen molar-refractivity contribution in [1.29, 1.82) is 0 Å². The van der Waals surface area contributed by atoms with Gasteiger partial charge in [0.05, 0.1) is 6.10 Å². The third kappa shape index (κ3) is 6.95. The van der Waals surface area contributed by atoms with Gasteiger partial charge >= 0.3 is 0 Å². The number of hydrogen-bond donors (Lipinski definition) is 2. The molecule has 2 N–H and O–H groups in total. The van der Waals surface area contributed by atoms with E-state index in [1.54, 1.807) is 0 Å². The number of nitrogens with zero attached hydrogens (tertiary/aromatic N) is 2. The molecule has 1 aliphatic heterocycles. The second-order valence-corrected chi connectivity index (χ2v) is 7.03. The average Bonchev–Trinajstić information content (AvgIpc) is 3.01. The van der Waals surface area contributed by atoms with E-state index in [1.165, 1.54) is 24.9 Å². The highest BCUT2D eigenvalue weighted by Gasteiger charge is 2.20. The molecule has 5 nitrogen and oxygen atoms in total. The molecule has 0 bridgehead atoms. The van der Waals surface area contributed by atoms with Gasteiger partial charge in [0, 0.05) is 31.7 Å². The molecule has 1 saturated heterocycles. The number of halogens is 1. The molecule has 1 aromatic carbocycles. The predicted molar refractivity (Wildman–Crippen MR) is 121 cm³/mol. The first-order chi connectivity index (χ1) is 12.0. The number of rotatable bonds is 7. The van der Waals surface area contributed by atoms with E-state index < -0.39 is 0 Å². The fourth-order valence-corrected chi connectivity index (χ4v) is 3.07. The summed E-state index contributed by atoms with van der Waals surface area (Å²) in [6, 6.07) is 6.98. The third-order valence-corrected chi connectivity index (χ3v) is 4.97. The van der Waals surface area contributed by atoms with Crippen molar-refractivity contribution in [2.24, 2.45) is 4.99 Å². The minimum atomic E-state index is 0. The predicted octanol–water partition coefficient (Wildman–Crippen LogP) is 3.55. The van der Waals surface area contributed by atoms with E-state index >= 15 is 0 Å². The maximum atomic E-state index is 6.09. The lowest BCUT2D eigenvalue weighted by Gasteiger charge is -2.22. The van der Waals surface area contributed by atoms with Gasteiger partial charge in [0.15, 0.2) is 5.96 Å². The van der Waals surface area contributed by atoms with Gasteiger partial charge in [0.2, 0.25) is 0 Å². The Morgan fingerprint density at radius 2 is 2.15 bits per heavy atom. The largest absolute Gasteiger partial charge is 0.490 e. The lowest BCUT2D eigenvalue weighted by molar-refractivity contribution is 0.215. The van der Waals surface area contributed by atoms with Crippen LogP contribution in [0.2, 0.25) is 0 Å². The molecule has 148 valence electrons. The summed E-state index contributed by atoms with van der Waals surface area (Å²) in [5.41, 5.74) is 2.38. The molecule has 1 heterocycles. The first kappa shape index (κ1) is 23.0. The van der Waals surface area contributed by atoms with Crippen molar-refractivity contribution in [2.45, 2.75) is 58.7 Å². The fraction of sp³-hybridized carbons (Fsp3) is 0.650. The Morgan fingerprint density at radius 3 is 2.77 bits per heavy atom. The van der Waals surface area contributed by atoms with Crippen molar-refractivity contribution in [1.82, 2.24) is 15.5 Å². The Balaban J connectivity index is 0.00000338. The maximum absolute atomic E-state index is 6.09. The Hall–Kier alpha value is -1.02. The molecule has 0 aliphatic carbocycles. The molecular formula is C20H35IN4O. The van der Waals surface area contributed by atoms with Gasteiger partial charge in [-0.3, -0.25) is 4.99 Å². The SMILES string of the molecule is CCC(C)Oc1cc(C)ccc1CNC(=NC)NCC1CCCN1C.I. The van der Waals surface area contributed by atoms with Crippen LogP contribution in [0.5, 0.6) is 5.75 Å². The van der Waals surface area contributed by atoms with Gasteiger partial charge in [0.25, 0.3) is 0 Å². The van der Waals surface area contributed by atoms with Gasteiger partial charge < -0.3 is 20.3 Å². The quantitative estimate of drug-likeness (QED) is 0.361. The van der Waals surface area contributed by atoms with E-state index in [9.17, 15) is 0 Å². The second-order valence-electron chi connectivity index (χ2n) is 7.03. The molecule has 0 spiro atoms. The first-order valence-electron chi connectivity index (χ1n) is 9.44. The van der Waals surface area contributed by atoms with Crippen LogP contribution in [0, 0.1) is 6.92 Å². The molecule has 6 heteroatoms. The molecule has 2 rings (SSSR count). The molecule has 1 aliphatic rings. The van der Waals surface area contributed by atoms with Gasteiger partial charge in [-0.2, -0.15) is 0 Å². The monoisotopic (exact) mass is 474 g/mol. The number of benzene rings is 1. The second kappa shape index (κ2) is 11.6. The zero-order valence-corrected chi connectivity index (χ0v) is 19.2. The number of likely N-dealkylation sites (tertiary alicyclic amines) is 1. The lowest BCUT2D eigenvalue weighted by Crippen LogP contribution is -2.43. The number of likely N-dealkylation sites (N-methyl/N-ethyl adjacent to an activating group) is 1. The number of aliphatic imine (C=N–C) groups is 1. The van der Waals surface area contributed by atoms with Gasteiger partial charge in [-0.15, -0.1) is 24.0 Å². The molecule has 1 fully saturated rings. The van der Waals surface area contributed by atoms with E-state index in [0.29, 0.717) is 12.6 Å². The molecule has 26 heavy (non-hydrogen) atoms. The summed E-state index contributed by atoms with van der Waals surface area (Å²) in [5, 5.41) is 6.87. The zero-order chi connectivity index (χ0) is 18.2. The first-order valence-corrected chi connectivity index (χ1v) is 9.44. The van der Waals surface area contributed by atoms with E-state index in [2.05, 4.69) is 66.5 Å². The Kier molecular flexibility index (Phi) is 10.3. The van der Waals surface area contributed by atoms with Crippen LogP contribution in [0.4, 0.5) is 0 Å². The van der Waals surface area contributed by atoms with Crippen LogP contribution in [0.15, 0.2) is 23.2 Å². The zero-order valence-electron chi connectivity index (χ0n) is 16.8. The Labute approximate surface area is 176 Å². The standard InChI is InChI=1S/C20H34N4O.HI/c1-6-16(3)25-19-12-15(2)9-10-17(19)13-22-20(21-4)23-14-18-8-7-11-24(18)5;/h9-10,12,16,18H,6-8,11,13-14H2,1-5H3,(H2,21,22,23);1H. The van der Waals surface area contributed by atoms with Crippen molar-refractivity contribution < 1.29 is 4.74 Å². The summed E-state index contributed by atoms with van der Waals surface area (Å²) in [5.74, 6) is 1.81. The molecule has 0 radical (unpaired) electrons. The molecular weight excluding hydrogens is 439 g/mol. The Morgan fingerprint density at radius 1 is 1.38 bits per heavy atom. The highest BCUT2D eigenvalue weighted by atomic mass is 127. The number of nitrogens with one attached hydrogen (secondary N) is 2. The summed E-state index contributed by atoms with van der Waals surface area (Å²) >= 11 is 0. The number of guanidine groups is 1. The minimum Gasteiger partial charge on any atom is -0.490 e. The normalized spacial score (nSPS) is 19.0. The van der Waals surface area contributed by atoms with Crippen LogP contribution in [0.25, 0.3) is 0 Å². The van der Waals surface area contributed by atoms with E-state index in [4.69, 9.17) is 4.74 Å². The summed E-state index contributed by atoms with van der Waals surface area (Å²) in [6.45, 7) is 9.17. The smallest absolute Gasteiger partial charge is 0.191 e. The van der Waals surface area contributed by atoms with Crippen LogP contribution >= 0.6 is 24.0 Å². The highest BCUT2D eigenvalue weighted by Crippen LogP contribution is 2.22. The number of ether oxygens (including phenoxy) is 1. The third-order valence-electron chi connectivity index (χ3n) is 4.97. The summed E-state index contributed by atoms with van der Waals surface area (Å²) in [6.07, 6.45) is 3.76. The van der Waals surface area contributed by atoms with Crippen molar-refractivity contribution in [3.63, 3.8) is 0 Å². The van der Waals surface area contributed by atoms with Gasteiger partial charge in [-0.1, -0.05) is 19.1 Å². The molecule has 2 unspecified atom stereocenters. The molecule has 1 aromatic rings. The van der Waals surface area contributed by atoms with Crippen LogP contribution in [0.1, 0.15) is 44.2 Å². The van der Waals surface area contributed by atoms with Crippen LogP contribution in [0.3, 0.4) is 0 Å². The fourth-order valence-electron chi connectivity index (χ4n) is 3.07. The van der Waals surface area contributed by atoms with Gasteiger partial charge in [0.1, 0.15) is 5.75 Å². The average molecular weight is 474 g/mol. The van der Waals surface area contributed by atoms with Crippen molar-refractivity contribution >= 4 is 29.9 Å². The summed E-state index contributed by atoms with van der Waals surface area (Å²) in [4.78, 5) is 6.76. The highest BCUT2D eigenvalue weighted by molar-refractivity contribution is 14.0. The minimum absolute atomic E-state index is 0. The lowest BCUT2D eigenvalue weighted by atomic mass is 10.1. The van der Waals surface area contributed by atoms with Crippen molar-refractivity contribution in [3.05, 3.63) is 29.3 Å². The van der Waals surface area contributed by atoms with Crippen LogP contribution in [-0.2, 0) is 6.54 Å². The summed E-state index contributed by atoms with van der Waals surface area (Å²) in [7, 11) is 4.01. The Bertz CT molecular complexity index is 579. The molecule has 0 aromatic heterocycles. The molecule has 0 amide bonds. The molecule has 2 atom stereocenters. The van der Waals surface area contributed by atoms with E-state index in [0.717, 1.165) is 30.2 Å². The summed E-state index contributed by atoms with van der Waals surface area (Å²) < 4.78 is 6.09. The van der Waals surface area contributed by atoms with Gasteiger partial charge in [-0.05, 0) is 58.3 Å². The van der Waals surface area contributed by atoms with Crippen molar-refractivity contribution in [2.75, 3.05) is 27.2 Å². The molecule has 0 saturated carbocycles. The van der Waals surface area contributed by atoms with Crippen LogP contribution < -0.4 is 15.4 Å². The maximum Gasteiger partial charge on any atom is 0.191 e. The van der Waals surface area contributed by atoms with E-state index in [-0.39, 0.29) is 30.1 Å². The topological polar surface area (TPSA) is 48.9 Å². The van der Waals surface area contributed by atoms with Crippen LogP contribution in [-0.4, -0.2) is 50.2 Å².